The first-order valence-corrected chi connectivity index (χ1v) is 6.71. The Labute approximate surface area is 106 Å². The molecule has 1 aliphatic heterocycles. The van der Waals surface area contributed by atoms with Gasteiger partial charge in [0.05, 0.1) is 0 Å². The number of piperidine rings is 1. The van der Waals surface area contributed by atoms with Crippen molar-refractivity contribution >= 4 is 15.9 Å². The SMILES string of the molecule is C[C@H](C=C1CCNCC1)c1ccc(Br)cc1. The van der Waals surface area contributed by atoms with Gasteiger partial charge < -0.3 is 5.32 Å². The van der Waals surface area contributed by atoms with Gasteiger partial charge in [-0.2, -0.15) is 0 Å². The maximum atomic E-state index is 3.47. The summed E-state index contributed by atoms with van der Waals surface area (Å²) in [6, 6.07) is 8.64. The normalized spacial score (nSPS) is 18.2. The van der Waals surface area contributed by atoms with E-state index in [0.717, 1.165) is 17.6 Å². The summed E-state index contributed by atoms with van der Waals surface area (Å²) < 4.78 is 1.15. The second kappa shape index (κ2) is 5.65. The van der Waals surface area contributed by atoms with Crippen molar-refractivity contribution in [3.05, 3.63) is 46.0 Å². The van der Waals surface area contributed by atoms with Crippen molar-refractivity contribution in [2.75, 3.05) is 13.1 Å². The van der Waals surface area contributed by atoms with Gasteiger partial charge in [0.1, 0.15) is 0 Å². The highest BCUT2D eigenvalue weighted by Gasteiger charge is 2.07. The third kappa shape index (κ3) is 3.19. The number of hydrogen-bond donors (Lipinski definition) is 1. The summed E-state index contributed by atoms with van der Waals surface area (Å²) in [5.41, 5.74) is 3.00. The van der Waals surface area contributed by atoms with E-state index in [1.165, 1.54) is 18.4 Å². The summed E-state index contributed by atoms with van der Waals surface area (Å²) in [5.74, 6) is 0.529. The van der Waals surface area contributed by atoms with Crippen molar-refractivity contribution in [2.45, 2.75) is 25.7 Å². The van der Waals surface area contributed by atoms with Gasteiger partial charge in [0, 0.05) is 4.47 Å². The highest BCUT2D eigenvalue weighted by atomic mass is 79.9. The van der Waals surface area contributed by atoms with Crippen molar-refractivity contribution in [1.82, 2.24) is 5.32 Å². The number of hydrogen-bond acceptors (Lipinski definition) is 1. The molecule has 0 spiro atoms. The third-order valence-electron chi connectivity index (χ3n) is 3.13. The second-order valence-corrected chi connectivity index (χ2v) is 5.33. The van der Waals surface area contributed by atoms with E-state index >= 15 is 0 Å². The molecule has 1 heterocycles. The lowest BCUT2D eigenvalue weighted by Gasteiger charge is -2.17. The molecule has 0 unspecified atom stereocenters. The summed E-state index contributed by atoms with van der Waals surface area (Å²) >= 11 is 3.47. The molecule has 1 aliphatic rings. The van der Waals surface area contributed by atoms with Crippen molar-refractivity contribution in [3.8, 4) is 0 Å². The van der Waals surface area contributed by atoms with Crippen LogP contribution in [0.25, 0.3) is 0 Å². The number of nitrogens with one attached hydrogen (secondary N) is 1. The topological polar surface area (TPSA) is 12.0 Å². The number of benzene rings is 1. The van der Waals surface area contributed by atoms with E-state index < -0.39 is 0 Å². The monoisotopic (exact) mass is 279 g/mol. The molecule has 1 aromatic carbocycles. The fourth-order valence-electron chi connectivity index (χ4n) is 2.13. The molecule has 0 saturated carbocycles. The first kappa shape index (κ1) is 11.9. The van der Waals surface area contributed by atoms with Crippen LogP contribution in [0.1, 0.15) is 31.2 Å². The molecular weight excluding hydrogens is 262 g/mol. The van der Waals surface area contributed by atoms with Crippen LogP contribution in [-0.4, -0.2) is 13.1 Å². The maximum absolute atomic E-state index is 3.47. The van der Waals surface area contributed by atoms with E-state index in [9.17, 15) is 0 Å². The Morgan fingerprint density at radius 3 is 2.44 bits per heavy atom. The molecule has 1 nitrogen and oxygen atoms in total. The number of allylic oxidation sites excluding steroid dienone is 1. The molecule has 1 saturated heterocycles. The largest absolute Gasteiger partial charge is 0.316 e. The van der Waals surface area contributed by atoms with Gasteiger partial charge in [0.25, 0.3) is 0 Å². The third-order valence-corrected chi connectivity index (χ3v) is 3.66. The standard InChI is InChI=1S/C14H18BrN/c1-11(10-12-6-8-16-9-7-12)13-2-4-14(15)5-3-13/h2-5,10-11,16H,6-9H2,1H3/t11-/m1/s1. The van der Waals surface area contributed by atoms with E-state index in [2.05, 4.69) is 58.5 Å². The van der Waals surface area contributed by atoms with Crippen molar-refractivity contribution in [1.29, 1.82) is 0 Å². The summed E-state index contributed by atoms with van der Waals surface area (Å²) in [6.07, 6.45) is 4.85. The Morgan fingerprint density at radius 1 is 1.19 bits per heavy atom. The van der Waals surface area contributed by atoms with Gasteiger partial charge in [-0.1, -0.05) is 46.6 Å². The summed E-state index contributed by atoms with van der Waals surface area (Å²) in [5, 5.41) is 3.39. The van der Waals surface area contributed by atoms with Crippen molar-refractivity contribution < 1.29 is 0 Å². The van der Waals surface area contributed by atoms with Gasteiger partial charge in [0.2, 0.25) is 0 Å². The minimum Gasteiger partial charge on any atom is -0.316 e. The Balaban J connectivity index is 2.06. The van der Waals surface area contributed by atoms with Gasteiger partial charge in [-0.3, -0.25) is 0 Å². The van der Waals surface area contributed by atoms with E-state index in [4.69, 9.17) is 0 Å². The fourth-order valence-corrected chi connectivity index (χ4v) is 2.40. The zero-order valence-corrected chi connectivity index (χ0v) is 11.3. The first-order valence-electron chi connectivity index (χ1n) is 5.91. The molecule has 0 radical (unpaired) electrons. The van der Waals surface area contributed by atoms with Crippen LogP contribution >= 0.6 is 15.9 Å². The van der Waals surface area contributed by atoms with Gasteiger partial charge >= 0.3 is 0 Å². The maximum Gasteiger partial charge on any atom is 0.0175 e. The van der Waals surface area contributed by atoms with Gasteiger partial charge in [-0.25, -0.2) is 0 Å². The quantitative estimate of drug-likeness (QED) is 0.811. The molecular formula is C14H18BrN. The van der Waals surface area contributed by atoms with Crippen LogP contribution in [0.4, 0.5) is 0 Å². The molecule has 2 rings (SSSR count). The lowest BCUT2D eigenvalue weighted by atomic mass is 9.95. The van der Waals surface area contributed by atoms with Crippen LogP contribution in [-0.2, 0) is 0 Å². The summed E-state index contributed by atoms with van der Waals surface area (Å²) in [7, 11) is 0. The lowest BCUT2D eigenvalue weighted by molar-refractivity contribution is 0.605. The minimum absolute atomic E-state index is 0.529. The molecule has 0 aromatic heterocycles. The van der Waals surface area contributed by atoms with E-state index in [0.29, 0.717) is 5.92 Å². The lowest BCUT2D eigenvalue weighted by Crippen LogP contribution is -2.23. The van der Waals surface area contributed by atoms with Gasteiger partial charge in [-0.15, -0.1) is 0 Å². The highest BCUT2D eigenvalue weighted by Crippen LogP contribution is 2.23. The first-order chi connectivity index (χ1) is 7.75. The molecule has 2 heteroatoms. The average molecular weight is 280 g/mol. The minimum atomic E-state index is 0.529. The molecule has 1 N–H and O–H groups in total. The zero-order valence-electron chi connectivity index (χ0n) is 9.67. The molecule has 1 atom stereocenters. The van der Waals surface area contributed by atoms with Crippen LogP contribution in [0.15, 0.2) is 40.4 Å². The molecule has 86 valence electrons. The molecule has 16 heavy (non-hydrogen) atoms. The van der Waals surface area contributed by atoms with Gasteiger partial charge in [-0.05, 0) is 49.5 Å². The molecule has 0 bridgehead atoms. The summed E-state index contributed by atoms with van der Waals surface area (Å²) in [4.78, 5) is 0. The Hall–Kier alpha value is -0.600. The Bertz CT molecular complexity index is 359. The number of rotatable bonds is 2. The smallest absolute Gasteiger partial charge is 0.0175 e. The molecule has 1 fully saturated rings. The van der Waals surface area contributed by atoms with Crippen LogP contribution < -0.4 is 5.32 Å². The predicted molar refractivity (Wildman–Crippen MR) is 72.7 cm³/mol. The van der Waals surface area contributed by atoms with Crippen LogP contribution in [0, 0.1) is 0 Å². The van der Waals surface area contributed by atoms with Crippen LogP contribution in [0.5, 0.6) is 0 Å². The highest BCUT2D eigenvalue weighted by molar-refractivity contribution is 9.10. The predicted octanol–water partition coefficient (Wildman–Crippen LogP) is 3.86. The van der Waals surface area contributed by atoms with E-state index in [1.807, 2.05) is 0 Å². The van der Waals surface area contributed by atoms with E-state index in [1.54, 1.807) is 5.57 Å². The van der Waals surface area contributed by atoms with Crippen molar-refractivity contribution in [2.24, 2.45) is 0 Å². The Kier molecular flexibility index (Phi) is 4.19. The van der Waals surface area contributed by atoms with Gasteiger partial charge in [0.15, 0.2) is 0 Å². The molecule has 0 aliphatic carbocycles. The van der Waals surface area contributed by atoms with Crippen molar-refractivity contribution in [3.63, 3.8) is 0 Å². The van der Waals surface area contributed by atoms with Crippen LogP contribution in [0.3, 0.4) is 0 Å². The molecule has 0 amide bonds. The Morgan fingerprint density at radius 2 is 1.81 bits per heavy atom. The molecule has 1 aromatic rings. The average Bonchev–Trinajstić information content (AvgIpc) is 2.31. The van der Waals surface area contributed by atoms with E-state index in [-0.39, 0.29) is 0 Å². The second-order valence-electron chi connectivity index (χ2n) is 4.42. The summed E-state index contributed by atoms with van der Waals surface area (Å²) in [6.45, 7) is 4.55. The fraction of sp³-hybridized carbons (Fsp3) is 0.429. The number of halogens is 1. The zero-order chi connectivity index (χ0) is 11.4. The van der Waals surface area contributed by atoms with Crippen LogP contribution in [0.2, 0.25) is 0 Å².